The van der Waals surface area contributed by atoms with E-state index >= 15 is 0 Å². The van der Waals surface area contributed by atoms with Gasteiger partial charge in [0.2, 0.25) is 5.91 Å². The number of carbonyl (C=O) groups is 1. The first-order valence-corrected chi connectivity index (χ1v) is 12.5. The van der Waals surface area contributed by atoms with Crippen LogP contribution in [0.15, 0.2) is 24.4 Å². The summed E-state index contributed by atoms with van der Waals surface area (Å²) in [4.78, 5) is 21.4. The fraction of sp³-hybridized carbons (Fsp3) is 0.600. The smallest absolute Gasteiger partial charge is 0.272 e. The van der Waals surface area contributed by atoms with Gasteiger partial charge in [-0.1, -0.05) is 11.6 Å². The van der Waals surface area contributed by atoms with Crippen LogP contribution in [0.2, 0.25) is 5.02 Å². The van der Waals surface area contributed by atoms with Gasteiger partial charge in [-0.25, -0.2) is 13.8 Å². The molecule has 9 heteroatoms. The van der Waals surface area contributed by atoms with Crippen LogP contribution in [0.1, 0.15) is 32.1 Å². The number of rotatable bonds is 4. The second-order valence-electron chi connectivity index (χ2n) is 10.4. The number of anilines is 2. The molecule has 6 rings (SSSR count). The number of likely N-dealkylation sites (tertiary alicyclic amines) is 1. The van der Waals surface area contributed by atoms with Crippen molar-refractivity contribution in [3.8, 4) is 0 Å². The van der Waals surface area contributed by atoms with E-state index in [1.54, 1.807) is 6.20 Å². The number of amides is 1. The van der Waals surface area contributed by atoms with Gasteiger partial charge in [-0.2, -0.15) is 0 Å². The highest BCUT2D eigenvalue weighted by molar-refractivity contribution is 6.34. The number of ether oxygens (including phenoxy) is 1. The van der Waals surface area contributed by atoms with E-state index in [0.29, 0.717) is 10.8 Å². The van der Waals surface area contributed by atoms with Gasteiger partial charge in [-0.3, -0.25) is 9.69 Å². The van der Waals surface area contributed by atoms with E-state index < -0.39 is 5.92 Å². The third kappa shape index (κ3) is 4.14. The van der Waals surface area contributed by atoms with E-state index in [0.717, 1.165) is 74.9 Å². The number of hydrogen-bond donors (Lipinski definition) is 1. The van der Waals surface area contributed by atoms with E-state index in [9.17, 15) is 13.6 Å². The first kappa shape index (κ1) is 22.4. The van der Waals surface area contributed by atoms with Crippen LogP contribution in [0.5, 0.6) is 0 Å². The summed E-state index contributed by atoms with van der Waals surface area (Å²) < 4.78 is 31.9. The fourth-order valence-corrected chi connectivity index (χ4v) is 6.30. The van der Waals surface area contributed by atoms with Crippen molar-refractivity contribution < 1.29 is 18.3 Å². The number of halogens is 3. The minimum absolute atomic E-state index is 0.0431. The number of nitrogens with zero attached hydrogens (tertiary/aromatic N) is 3. The Balaban J connectivity index is 1.13. The van der Waals surface area contributed by atoms with Crippen molar-refractivity contribution in [3.63, 3.8) is 0 Å². The number of fused-ring (bicyclic) bond motifs is 1. The van der Waals surface area contributed by atoms with Gasteiger partial charge < -0.3 is 15.0 Å². The molecular weight excluding hydrogens is 462 g/mol. The zero-order chi connectivity index (χ0) is 23.5. The lowest BCUT2D eigenvalue weighted by molar-refractivity contribution is -0.148. The Morgan fingerprint density at radius 3 is 2.56 bits per heavy atom. The van der Waals surface area contributed by atoms with Crippen molar-refractivity contribution in [1.82, 2.24) is 9.88 Å². The second-order valence-corrected chi connectivity index (χ2v) is 10.8. The normalized spacial score (nSPS) is 26.4. The maximum atomic E-state index is 13.2. The molecule has 1 spiro atoms. The number of nitrogens with one attached hydrogen (secondary N) is 1. The van der Waals surface area contributed by atoms with Gasteiger partial charge in [0, 0.05) is 49.8 Å². The van der Waals surface area contributed by atoms with Crippen LogP contribution in [-0.2, 0) is 9.53 Å². The lowest BCUT2D eigenvalue weighted by Crippen LogP contribution is -2.61. The van der Waals surface area contributed by atoms with Crippen molar-refractivity contribution in [3.05, 3.63) is 29.4 Å². The molecule has 4 fully saturated rings. The van der Waals surface area contributed by atoms with E-state index in [4.69, 9.17) is 16.3 Å². The summed E-state index contributed by atoms with van der Waals surface area (Å²) in [5, 5.41) is 5.54. The molecule has 0 radical (unpaired) electrons. The predicted octanol–water partition coefficient (Wildman–Crippen LogP) is 4.56. The van der Waals surface area contributed by atoms with E-state index in [-0.39, 0.29) is 36.4 Å². The van der Waals surface area contributed by atoms with E-state index in [1.165, 1.54) is 0 Å². The van der Waals surface area contributed by atoms with Crippen molar-refractivity contribution in [2.24, 2.45) is 11.3 Å². The van der Waals surface area contributed by atoms with Gasteiger partial charge in [0.15, 0.2) is 0 Å². The molecule has 1 aromatic carbocycles. The minimum atomic E-state index is -2.52. The largest absolute Gasteiger partial charge is 0.381 e. The highest BCUT2D eigenvalue weighted by Gasteiger charge is 2.58. The van der Waals surface area contributed by atoms with Gasteiger partial charge in [0.1, 0.15) is 5.82 Å². The Kier molecular flexibility index (Phi) is 5.46. The highest BCUT2D eigenvalue weighted by atomic mass is 35.5. The SMILES string of the molecule is O=C(Nc1cc2cc(N3CCC(N4CC(F)(F)C4)CC3)c(Cl)cc2cn1)[C@H]1CC12CCOCC2. The maximum Gasteiger partial charge on any atom is 0.272 e. The molecule has 3 saturated heterocycles. The fourth-order valence-electron chi connectivity index (χ4n) is 6.00. The summed E-state index contributed by atoms with van der Waals surface area (Å²) >= 11 is 6.61. The van der Waals surface area contributed by atoms with Crippen molar-refractivity contribution in [2.45, 2.75) is 44.1 Å². The number of hydrogen-bond acceptors (Lipinski definition) is 5. The van der Waals surface area contributed by atoms with Gasteiger partial charge in [-0.15, -0.1) is 0 Å². The van der Waals surface area contributed by atoms with E-state index in [1.807, 2.05) is 23.1 Å². The molecule has 6 nitrogen and oxygen atoms in total. The maximum absolute atomic E-state index is 13.2. The third-order valence-electron chi connectivity index (χ3n) is 8.22. The molecule has 1 N–H and O–H groups in total. The van der Waals surface area contributed by atoms with Crippen molar-refractivity contribution in [2.75, 3.05) is 49.6 Å². The number of carbonyl (C=O) groups excluding carboxylic acids is 1. The summed E-state index contributed by atoms with van der Waals surface area (Å²) in [5.74, 6) is -1.88. The first-order chi connectivity index (χ1) is 16.3. The lowest BCUT2D eigenvalue weighted by Gasteiger charge is -2.47. The quantitative estimate of drug-likeness (QED) is 0.680. The van der Waals surface area contributed by atoms with Crippen LogP contribution >= 0.6 is 11.6 Å². The van der Waals surface area contributed by atoms with Gasteiger partial charge in [0.05, 0.1) is 23.8 Å². The predicted molar refractivity (Wildman–Crippen MR) is 128 cm³/mol. The molecule has 1 aromatic heterocycles. The highest BCUT2D eigenvalue weighted by Crippen LogP contribution is 2.59. The van der Waals surface area contributed by atoms with Crippen LogP contribution in [0.4, 0.5) is 20.3 Å². The molecule has 1 atom stereocenters. The topological polar surface area (TPSA) is 57.7 Å². The number of benzene rings is 1. The molecule has 1 aliphatic carbocycles. The summed E-state index contributed by atoms with van der Waals surface area (Å²) in [5.41, 5.74) is 1.06. The summed E-state index contributed by atoms with van der Waals surface area (Å²) in [6.07, 6.45) is 6.27. The zero-order valence-electron chi connectivity index (χ0n) is 19.0. The number of piperidine rings is 1. The van der Waals surface area contributed by atoms with Crippen LogP contribution in [0.25, 0.3) is 10.8 Å². The molecule has 4 aliphatic rings. The average molecular weight is 491 g/mol. The second kappa shape index (κ2) is 8.28. The van der Waals surface area contributed by atoms with Gasteiger partial charge in [-0.05, 0) is 61.1 Å². The zero-order valence-corrected chi connectivity index (χ0v) is 19.8. The molecule has 4 heterocycles. The first-order valence-electron chi connectivity index (χ1n) is 12.2. The summed E-state index contributed by atoms with van der Waals surface area (Å²) in [6, 6.07) is 6.07. The standard InChI is InChI=1S/C25H29ClF2N4O2/c26-20-9-17-13-29-22(30-23(33)19-12-24(19)3-7-34-8-4-24)11-16(17)10-21(20)31-5-1-18(2-6-31)32-14-25(27,28)15-32/h9-11,13,18-19H,1-8,12,14-15H2,(H,29,30,33)/t19-/m1/s1. The number of pyridine rings is 1. The molecule has 1 amide bonds. The van der Waals surface area contributed by atoms with Crippen LogP contribution < -0.4 is 10.2 Å². The van der Waals surface area contributed by atoms with Crippen molar-refractivity contribution in [1.29, 1.82) is 0 Å². The minimum Gasteiger partial charge on any atom is -0.381 e. The molecule has 182 valence electrons. The molecule has 2 aromatic rings. The Morgan fingerprint density at radius 1 is 1.12 bits per heavy atom. The molecule has 0 unspecified atom stereocenters. The van der Waals surface area contributed by atoms with Crippen LogP contribution in [0, 0.1) is 11.3 Å². The average Bonchev–Trinajstić information content (AvgIpc) is 3.50. The van der Waals surface area contributed by atoms with Crippen LogP contribution in [-0.4, -0.2) is 67.1 Å². The van der Waals surface area contributed by atoms with E-state index in [2.05, 4.69) is 15.2 Å². The summed E-state index contributed by atoms with van der Waals surface area (Å²) in [7, 11) is 0. The summed E-state index contributed by atoms with van der Waals surface area (Å²) in [6.45, 7) is 2.80. The number of aromatic nitrogens is 1. The Morgan fingerprint density at radius 2 is 1.85 bits per heavy atom. The molecule has 0 bridgehead atoms. The van der Waals surface area contributed by atoms with Gasteiger partial charge in [0.25, 0.3) is 5.92 Å². The Labute approximate surface area is 202 Å². The Hall–Kier alpha value is -2.03. The molecule has 3 aliphatic heterocycles. The molecule has 1 saturated carbocycles. The van der Waals surface area contributed by atoms with Crippen molar-refractivity contribution >= 4 is 39.8 Å². The molecular formula is C25H29ClF2N4O2. The molecule has 34 heavy (non-hydrogen) atoms. The Bertz CT molecular complexity index is 1110. The van der Waals surface area contributed by atoms with Crippen LogP contribution in [0.3, 0.4) is 0 Å². The third-order valence-corrected chi connectivity index (χ3v) is 8.53. The lowest BCUT2D eigenvalue weighted by atomic mass is 9.93. The van der Waals surface area contributed by atoms with Gasteiger partial charge >= 0.3 is 0 Å². The number of alkyl halides is 2. The monoisotopic (exact) mass is 490 g/mol.